The lowest BCUT2D eigenvalue weighted by Gasteiger charge is -2.19. The molecule has 0 saturated carbocycles. The van der Waals surface area contributed by atoms with Crippen LogP contribution in [0.1, 0.15) is 12.8 Å². The molecule has 1 aliphatic rings. The van der Waals surface area contributed by atoms with Crippen molar-refractivity contribution in [2.24, 2.45) is 5.73 Å². The van der Waals surface area contributed by atoms with E-state index in [1.807, 2.05) is 0 Å². The number of hydrogen-bond acceptors (Lipinski definition) is 3. The van der Waals surface area contributed by atoms with E-state index in [2.05, 4.69) is 0 Å². The summed E-state index contributed by atoms with van der Waals surface area (Å²) >= 11 is 0. The fourth-order valence-electron chi connectivity index (χ4n) is 0.906. The third-order valence-electron chi connectivity index (χ3n) is 1.45. The van der Waals surface area contributed by atoms with Crippen LogP contribution in [0, 0.1) is 0 Å². The first-order chi connectivity index (χ1) is 4.33. The average molecular weight is 129 g/mol. The number of carbonyl (C=O) groups excluding carboxylic acids is 1. The van der Waals surface area contributed by atoms with Crippen molar-refractivity contribution in [2.45, 2.75) is 18.9 Å². The zero-order chi connectivity index (χ0) is 6.69. The molecule has 0 aromatic rings. The van der Waals surface area contributed by atoms with E-state index in [0.29, 0.717) is 26.0 Å². The Kier molecular flexibility index (Phi) is 2.19. The zero-order valence-corrected chi connectivity index (χ0v) is 5.30. The molecular weight excluding hydrogens is 118 g/mol. The minimum absolute atomic E-state index is 0.00810. The predicted octanol–water partition coefficient (Wildman–Crippen LogP) is -0.307. The van der Waals surface area contributed by atoms with Gasteiger partial charge < -0.3 is 10.5 Å². The van der Waals surface area contributed by atoms with Crippen LogP contribution >= 0.6 is 0 Å². The second-order valence-corrected chi connectivity index (χ2v) is 2.22. The Labute approximate surface area is 54.2 Å². The third kappa shape index (κ3) is 1.77. The van der Waals surface area contributed by atoms with E-state index in [9.17, 15) is 4.79 Å². The summed E-state index contributed by atoms with van der Waals surface area (Å²) < 4.78 is 5.15. The highest BCUT2D eigenvalue weighted by atomic mass is 16.5. The molecule has 1 rings (SSSR count). The fraction of sp³-hybridized carbons (Fsp3) is 0.833. The summed E-state index contributed by atoms with van der Waals surface area (Å²) in [5, 5.41) is 0. The Hall–Kier alpha value is -0.410. The van der Waals surface area contributed by atoms with Crippen molar-refractivity contribution >= 4 is 5.78 Å². The number of ketones is 1. The summed E-state index contributed by atoms with van der Waals surface area (Å²) in [7, 11) is 0. The van der Waals surface area contributed by atoms with Crippen molar-refractivity contribution in [3.63, 3.8) is 0 Å². The van der Waals surface area contributed by atoms with E-state index in [1.54, 1.807) is 0 Å². The number of nitrogens with two attached hydrogens (primary N) is 1. The lowest BCUT2D eigenvalue weighted by atomic mass is 10.1. The molecule has 1 atom stereocenters. The van der Waals surface area contributed by atoms with Gasteiger partial charge in [-0.2, -0.15) is 0 Å². The highest BCUT2D eigenvalue weighted by Gasteiger charge is 2.17. The van der Waals surface area contributed by atoms with Crippen LogP contribution in [0.4, 0.5) is 0 Å². The normalized spacial score (nSPS) is 28.6. The molecule has 3 nitrogen and oxygen atoms in total. The summed E-state index contributed by atoms with van der Waals surface area (Å²) in [5.74, 6) is 0.275. The Bertz CT molecular complexity index is 114. The fourth-order valence-corrected chi connectivity index (χ4v) is 0.906. The highest BCUT2D eigenvalue weighted by Crippen LogP contribution is 2.07. The van der Waals surface area contributed by atoms with E-state index in [0.717, 1.165) is 0 Å². The lowest BCUT2D eigenvalue weighted by molar-refractivity contribution is -0.127. The van der Waals surface area contributed by atoms with Crippen LogP contribution in [0.2, 0.25) is 0 Å². The van der Waals surface area contributed by atoms with Crippen LogP contribution in [-0.4, -0.2) is 25.0 Å². The molecule has 2 N–H and O–H groups in total. The van der Waals surface area contributed by atoms with Gasteiger partial charge in [-0.1, -0.05) is 0 Å². The van der Waals surface area contributed by atoms with Crippen molar-refractivity contribution in [1.29, 1.82) is 0 Å². The minimum atomic E-state index is -0.00810. The van der Waals surface area contributed by atoms with Crippen molar-refractivity contribution in [3.8, 4) is 0 Å². The largest absolute Gasteiger partial charge is 0.376 e. The number of hydrogen-bond donors (Lipinski definition) is 1. The molecule has 0 spiro atoms. The SMILES string of the molecule is NCC1CC(=O)CCO1. The molecular formula is C6H11NO2. The lowest BCUT2D eigenvalue weighted by Crippen LogP contribution is -2.31. The molecule has 3 heteroatoms. The first kappa shape index (κ1) is 6.71. The molecule has 1 fully saturated rings. The summed E-state index contributed by atoms with van der Waals surface area (Å²) in [5.41, 5.74) is 5.29. The molecule has 0 radical (unpaired) electrons. The molecule has 1 heterocycles. The van der Waals surface area contributed by atoms with Crippen LogP contribution in [0.3, 0.4) is 0 Å². The molecule has 0 aliphatic carbocycles. The molecule has 1 aliphatic heterocycles. The first-order valence-electron chi connectivity index (χ1n) is 3.16. The van der Waals surface area contributed by atoms with Gasteiger partial charge in [-0.3, -0.25) is 4.79 Å². The van der Waals surface area contributed by atoms with Gasteiger partial charge in [0.25, 0.3) is 0 Å². The van der Waals surface area contributed by atoms with E-state index >= 15 is 0 Å². The number of rotatable bonds is 1. The number of Topliss-reactive ketones (excluding diaryl/α,β-unsaturated/α-hetero) is 1. The predicted molar refractivity (Wildman–Crippen MR) is 33.0 cm³/mol. The Balaban J connectivity index is 2.32. The van der Waals surface area contributed by atoms with Gasteiger partial charge in [-0.25, -0.2) is 0 Å². The van der Waals surface area contributed by atoms with Crippen LogP contribution < -0.4 is 5.73 Å². The van der Waals surface area contributed by atoms with Gasteiger partial charge in [0.1, 0.15) is 5.78 Å². The summed E-state index contributed by atoms with van der Waals surface area (Å²) in [6.07, 6.45) is 1.07. The molecule has 52 valence electrons. The van der Waals surface area contributed by atoms with Crippen molar-refractivity contribution in [1.82, 2.24) is 0 Å². The summed E-state index contributed by atoms with van der Waals surface area (Å²) in [6, 6.07) is 0. The molecule has 0 aromatic carbocycles. The van der Waals surface area contributed by atoms with Crippen molar-refractivity contribution in [3.05, 3.63) is 0 Å². The topological polar surface area (TPSA) is 52.3 Å². The van der Waals surface area contributed by atoms with Crippen LogP contribution in [0.15, 0.2) is 0 Å². The maximum atomic E-state index is 10.7. The van der Waals surface area contributed by atoms with Gasteiger partial charge in [0.05, 0.1) is 12.7 Å². The van der Waals surface area contributed by atoms with Crippen molar-refractivity contribution in [2.75, 3.05) is 13.2 Å². The zero-order valence-electron chi connectivity index (χ0n) is 5.30. The standard InChI is InChI=1S/C6H11NO2/c7-4-6-3-5(8)1-2-9-6/h6H,1-4,7H2. The van der Waals surface area contributed by atoms with Crippen LogP contribution in [0.5, 0.6) is 0 Å². The molecule has 1 saturated heterocycles. The van der Waals surface area contributed by atoms with E-state index in [4.69, 9.17) is 10.5 Å². The summed E-state index contributed by atoms with van der Waals surface area (Å²) in [6.45, 7) is 1.02. The smallest absolute Gasteiger partial charge is 0.137 e. The maximum absolute atomic E-state index is 10.7. The third-order valence-corrected chi connectivity index (χ3v) is 1.45. The molecule has 0 aromatic heterocycles. The highest BCUT2D eigenvalue weighted by molar-refractivity contribution is 5.79. The summed E-state index contributed by atoms with van der Waals surface area (Å²) in [4.78, 5) is 10.7. The molecule has 1 unspecified atom stereocenters. The number of ether oxygens (including phenoxy) is 1. The molecule has 9 heavy (non-hydrogen) atoms. The minimum Gasteiger partial charge on any atom is -0.376 e. The van der Waals surface area contributed by atoms with E-state index in [-0.39, 0.29) is 11.9 Å². The molecule has 0 bridgehead atoms. The Morgan fingerprint density at radius 3 is 3.00 bits per heavy atom. The number of carbonyl (C=O) groups is 1. The van der Waals surface area contributed by atoms with E-state index < -0.39 is 0 Å². The molecule has 0 amide bonds. The average Bonchev–Trinajstić information content (AvgIpc) is 1.88. The quantitative estimate of drug-likeness (QED) is 0.528. The van der Waals surface area contributed by atoms with Crippen LogP contribution in [0.25, 0.3) is 0 Å². The monoisotopic (exact) mass is 129 g/mol. The van der Waals surface area contributed by atoms with Gasteiger partial charge in [-0.15, -0.1) is 0 Å². The van der Waals surface area contributed by atoms with Gasteiger partial charge in [0.15, 0.2) is 0 Å². The second-order valence-electron chi connectivity index (χ2n) is 2.22. The van der Waals surface area contributed by atoms with Gasteiger partial charge in [-0.05, 0) is 0 Å². The Morgan fingerprint density at radius 1 is 1.78 bits per heavy atom. The van der Waals surface area contributed by atoms with E-state index in [1.165, 1.54) is 0 Å². The first-order valence-corrected chi connectivity index (χ1v) is 3.16. The van der Waals surface area contributed by atoms with Crippen molar-refractivity contribution < 1.29 is 9.53 Å². The Morgan fingerprint density at radius 2 is 2.56 bits per heavy atom. The maximum Gasteiger partial charge on any atom is 0.137 e. The van der Waals surface area contributed by atoms with Crippen LogP contribution in [-0.2, 0) is 9.53 Å². The van der Waals surface area contributed by atoms with Gasteiger partial charge in [0.2, 0.25) is 0 Å². The van der Waals surface area contributed by atoms with Gasteiger partial charge >= 0.3 is 0 Å². The van der Waals surface area contributed by atoms with Gasteiger partial charge in [0, 0.05) is 19.4 Å². The second kappa shape index (κ2) is 2.94.